The van der Waals surface area contributed by atoms with Crippen molar-refractivity contribution in [2.75, 3.05) is 37.1 Å². The number of phenols is 1. The molecule has 10 nitrogen and oxygen atoms in total. The molecule has 2 unspecified atom stereocenters. The zero-order chi connectivity index (χ0) is 32.6. The van der Waals surface area contributed by atoms with Gasteiger partial charge in [0.2, 0.25) is 0 Å². The lowest BCUT2D eigenvalue weighted by molar-refractivity contribution is -0.0796. The number of nitrogens with zero attached hydrogens (tertiary/aromatic N) is 4. The van der Waals surface area contributed by atoms with E-state index in [1.165, 1.54) is 5.56 Å². The summed E-state index contributed by atoms with van der Waals surface area (Å²) in [5, 5.41) is 22.3. The third-order valence-corrected chi connectivity index (χ3v) is 9.87. The van der Waals surface area contributed by atoms with Crippen LogP contribution in [0.5, 0.6) is 11.5 Å². The van der Waals surface area contributed by atoms with Crippen LogP contribution in [0.1, 0.15) is 37.1 Å². The first kappa shape index (κ1) is 33.3. The molecule has 3 N–H and O–H groups in total. The molecule has 4 aromatic heterocycles. The number of hydrogen-bond acceptors (Lipinski definition) is 12. The van der Waals surface area contributed by atoms with Gasteiger partial charge >= 0.3 is 0 Å². The van der Waals surface area contributed by atoms with Crippen LogP contribution < -0.4 is 15.4 Å². The van der Waals surface area contributed by atoms with E-state index in [1.54, 1.807) is 47.5 Å². The molecule has 0 radical (unpaired) electrons. The van der Waals surface area contributed by atoms with Crippen LogP contribution in [-0.2, 0) is 9.47 Å². The van der Waals surface area contributed by atoms with Crippen molar-refractivity contribution >= 4 is 77.3 Å². The third-order valence-electron chi connectivity index (χ3n) is 7.51. The summed E-state index contributed by atoms with van der Waals surface area (Å²) < 4.78 is 16.5. The van der Waals surface area contributed by atoms with Crippen LogP contribution in [0, 0.1) is 0 Å². The molecular formula is C34H35IN6O4S2. The van der Waals surface area contributed by atoms with Crippen LogP contribution in [0.3, 0.4) is 0 Å². The van der Waals surface area contributed by atoms with E-state index in [0.717, 1.165) is 60.5 Å². The molecule has 0 saturated carbocycles. The third kappa shape index (κ3) is 8.84. The SMILES string of the molecule is CC(Nc1ncnc2sccc12)c1ccc(O)cc1.CC(Nc1ncnc2sccc12)c1ccc(OC2COC2)cc1.IC1COC1. The van der Waals surface area contributed by atoms with E-state index in [-0.39, 0.29) is 23.9 Å². The Morgan fingerprint density at radius 1 is 0.723 bits per heavy atom. The molecule has 2 aromatic carbocycles. The van der Waals surface area contributed by atoms with Gasteiger partial charge < -0.3 is 30.0 Å². The van der Waals surface area contributed by atoms with Crippen LogP contribution in [0.25, 0.3) is 20.4 Å². The summed E-state index contributed by atoms with van der Waals surface area (Å²) >= 11 is 5.59. The number of rotatable bonds is 8. The molecule has 0 aliphatic carbocycles. The summed E-state index contributed by atoms with van der Waals surface area (Å²) in [6.07, 6.45) is 3.38. The van der Waals surface area contributed by atoms with Crippen molar-refractivity contribution in [3.8, 4) is 11.5 Å². The lowest BCUT2D eigenvalue weighted by Crippen LogP contribution is -2.38. The summed E-state index contributed by atoms with van der Waals surface area (Å²) in [7, 11) is 0. The number of ether oxygens (including phenoxy) is 3. The number of alkyl halides is 1. The molecule has 2 aliphatic rings. The van der Waals surface area contributed by atoms with Gasteiger partial charge in [-0.15, -0.1) is 22.7 Å². The second kappa shape index (κ2) is 16.0. The van der Waals surface area contributed by atoms with E-state index in [1.807, 2.05) is 47.2 Å². The zero-order valence-electron chi connectivity index (χ0n) is 25.9. The second-order valence-electron chi connectivity index (χ2n) is 11.0. The fourth-order valence-corrected chi connectivity index (χ4v) is 6.64. The Balaban J connectivity index is 0.000000145. The highest BCUT2D eigenvalue weighted by atomic mass is 127. The van der Waals surface area contributed by atoms with Crippen LogP contribution >= 0.6 is 45.3 Å². The first-order valence-electron chi connectivity index (χ1n) is 15.2. The molecule has 8 rings (SSSR count). The fraction of sp³-hybridized carbons (Fsp3) is 0.294. The van der Waals surface area contributed by atoms with Gasteiger partial charge in [-0.05, 0) is 72.1 Å². The van der Waals surface area contributed by atoms with Gasteiger partial charge in [0.25, 0.3) is 0 Å². The fourth-order valence-electron chi connectivity index (χ4n) is 4.67. The molecule has 47 heavy (non-hydrogen) atoms. The van der Waals surface area contributed by atoms with E-state index in [9.17, 15) is 5.11 Å². The number of fused-ring (bicyclic) bond motifs is 2. The molecule has 0 bridgehead atoms. The number of halogens is 1. The number of benzene rings is 2. The Morgan fingerprint density at radius 3 is 1.62 bits per heavy atom. The largest absolute Gasteiger partial charge is 0.508 e. The van der Waals surface area contributed by atoms with Crippen molar-refractivity contribution in [3.63, 3.8) is 0 Å². The van der Waals surface area contributed by atoms with Crippen molar-refractivity contribution < 1.29 is 19.3 Å². The van der Waals surface area contributed by atoms with E-state index in [0.29, 0.717) is 13.2 Å². The Labute approximate surface area is 294 Å². The topological polar surface area (TPSA) is 124 Å². The normalized spacial score (nSPS) is 15.6. The molecule has 244 valence electrons. The molecule has 13 heteroatoms. The van der Waals surface area contributed by atoms with E-state index < -0.39 is 0 Å². The highest BCUT2D eigenvalue weighted by Crippen LogP contribution is 2.29. The van der Waals surface area contributed by atoms with Gasteiger partial charge in [-0.1, -0.05) is 46.9 Å². The Hall–Kier alpha value is -3.63. The van der Waals surface area contributed by atoms with Gasteiger partial charge in [0.1, 0.15) is 51.6 Å². The molecule has 0 amide bonds. The number of aromatic hydroxyl groups is 1. The Kier molecular flexibility index (Phi) is 11.3. The molecule has 6 heterocycles. The second-order valence-corrected chi connectivity index (χ2v) is 14.6. The van der Waals surface area contributed by atoms with Gasteiger partial charge in [0.15, 0.2) is 0 Å². The van der Waals surface area contributed by atoms with Crippen LogP contribution in [-0.4, -0.2) is 61.5 Å². The smallest absolute Gasteiger partial charge is 0.145 e. The van der Waals surface area contributed by atoms with E-state index in [2.05, 4.69) is 79.1 Å². The quantitative estimate of drug-likeness (QED) is 0.103. The standard InChI is InChI=1S/C17H17N3O2S.C14H13N3OS.C3H5IO/c1-11(20-16-15-6-7-23-17(15)19-10-18-16)12-2-4-13(5-3-12)22-14-8-21-9-14;1-9(10-2-4-11(18)5-3-10)17-13-12-6-7-19-14(12)16-8-15-13;4-3-1-5-2-3/h2-7,10-11,14H,8-9H2,1H3,(H,18,19,20);2-9,18H,1H3,(H,15,16,17);3H,1-2H2. The van der Waals surface area contributed by atoms with E-state index >= 15 is 0 Å². The summed E-state index contributed by atoms with van der Waals surface area (Å²) in [6, 6.07) is 19.7. The van der Waals surface area contributed by atoms with Crippen molar-refractivity contribution in [2.45, 2.75) is 36.0 Å². The van der Waals surface area contributed by atoms with Crippen LogP contribution in [0.2, 0.25) is 0 Å². The predicted molar refractivity (Wildman–Crippen MR) is 197 cm³/mol. The number of phenolic OH excluding ortho intramolecular Hbond substituents is 1. The maximum absolute atomic E-state index is 9.30. The maximum Gasteiger partial charge on any atom is 0.145 e. The number of anilines is 2. The average molecular weight is 783 g/mol. The van der Waals surface area contributed by atoms with Crippen molar-refractivity contribution in [1.82, 2.24) is 19.9 Å². The monoisotopic (exact) mass is 782 g/mol. The molecule has 2 saturated heterocycles. The van der Waals surface area contributed by atoms with Crippen molar-refractivity contribution in [2.24, 2.45) is 0 Å². The lowest BCUT2D eigenvalue weighted by atomic mass is 10.1. The minimum absolute atomic E-state index is 0.110. The van der Waals surface area contributed by atoms with Gasteiger partial charge in [0.05, 0.1) is 41.1 Å². The van der Waals surface area contributed by atoms with Crippen LogP contribution in [0.4, 0.5) is 11.6 Å². The van der Waals surface area contributed by atoms with Gasteiger partial charge in [-0.25, -0.2) is 19.9 Å². The molecular weight excluding hydrogens is 747 g/mol. The van der Waals surface area contributed by atoms with Crippen molar-refractivity contribution in [3.05, 3.63) is 95.2 Å². The highest BCUT2D eigenvalue weighted by Gasteiger charge is 2.20. The summed E-state index contributed by atoms with van der Waals surface area (Å²) in [5.74, 6) is 2.87. The lowest BCUT2D eigenvalue weighted by Gasteiger charge is -2.26. The minimum atomic E-state index is 0.110. The van der Waals surface area contributed by atoms with Crippen molar-refractivity contribution in [1.29, 1.82) is 0 Å². The maximum atomic E-state index is 9.30. The number of aromatic nitrogens is 4. The summed E-state index contributed by atoms with van der Waals surface area (Å²) in [6.45, 7) is 7.50. The first-order valence-corrected chi connectivity index (χ1v) is 18.2. The molecule has 0 spiro atoms. The molecule has 2 fully saturated rings. The molecule has 2 aliphatic heterocycles. The summed E-state index contributed by atoms with van der Waals surface area (Å²) in [5.41, 5.74) is 2.28. The van der Waals surface area contributed by atoms with E-state index in [4.69, 9.17) is 14.2 Å². The molecule has 6 aromatic rings. The van der Waals surface area contributed by atoms with Gasteiger partial charge in [-0.3, -0.25) is 0 Å². The number of hydrogen-bond donors (Lipinski definition) is 3. The Morgan fingerprint density at radius 2 is 1.19 bits per heavy atom. The summed E-state index contributed by atoms with van der Waals surface area (Å²) in [4.78, 5) is 19.1. The number of thiophene rings is 2. The first-order chi connectivity index (χ1) is 22.9. The zero-order valence-corrected chi connectivity index (χ0v) is 29.7. The van der Waals surface area contributed by atoms with Gasteiger partial charge in [-0.2, -0.15) is 0 Å². The minimum Gasteiger partial charge on any atom is -0.508 e. The molecule has 2 atom stereocenters. The predicted octanol–water partition coefficient (Wildman–Crippen LogP) is 8.03. The van der Waals surface area contributed by atoms with Gasteiger partial charge in [0, 0.05) is 12.1 Å². The number of nitrogens with one attached hydrogen (secondary N) is 2. The average Bonchev–Trinajstić information content (AvgIpc) is 3.74. The highest BCUT2D eigenvalue weighted by molar-refractivity contribution is 14.1. The van der Waals surface area contributed by atoms with Crippen LogP contribution in [0.15, 0.2) is 84.1 Å². The Bertz CT molecular complexity index is 1860.